The molecule has 0 radical (unpaired) electrons. The van der Waals surface area contributed by atoms with Crippen LogP contribution in [0.2, 0.25) is 0 Å². The number of hydrogen-bond donors (Lipinski definition) is 3. The molecule has 0 spiro atoms. The fourth-order valence-corrected chi connectivity index (χ4v) is 2.62. The number of nitrogens with one attached hydrogen (secondary N) is 1. The van der Waals surface area contributed by atoms with Gasteiger partial charge < -0.3 is 20.4 Å². The minimum atomic E-state index is -0.622. The number of aliphatic hydroxyl groups is 1. The first-order valence-electron chi connectivity index (χ1n) is 7.77. The van der Waals surface area contributed by atoms with Gasteiger partial charge >= 0.3 is 0 Å². The summed E-state index contributed by atoms with van der Waals surface area (Å²) in [4.78, 5) is 30.2. The van der Waals surface area contributed by atoms with E-state index in [0.717, 1.165) is 22.1 Å². The summed E-state index contributed by atoms with van der Waals surface area (Å²) in [6.45, 7) is 1.85. The van der Waals surface area contributed by atoms with Crippen molar-refractivity contribution in [2.24, 2.45) is 5.73 Å². The van der Waals surface area contributed by atoms with E-state index in [-0.39, 0.29) is 12.1 Å². The molecule has 0 bridgehead atoms. The number of pyridine rings is 2. The zero-order valence-electron chi connectivity index (χ0n) is 13.6. The number of fused-ring (bicyclic) bond motifs is 1. The van der Waals surface area contributed by atoms with Crippen LogP contribution >= 0.6 is 0 Å². The Morgan fingerprint density at radius 2 is 2.24 bits per heavy atom. The third-order valence-corrected chi connectivity index (χ3v) is 3.77. The zero-order valence-corrected chi connectivity index (χ0v) is 13.6. The fraction of sp³-hybridized carbons (Fsp3) is 0.167. The summed E-state index contributed by atoms with van der Waals surface area (Å²) in [6, 6.07) is 5.11. The standard InChI is InChI=1S/C18H18N4O3/c1-11(23)9-22-10-13(3-5-17(22)25)14-6-15-12(2-4-16(19)24)7-20-18(15)21-8-14/h2-8,10-11,23H,9H2,1H3,(H2,19,24)(H,20,21)/b4-2+/t11-/m0/s1. The number of H-pyrrole nitrogens is 1. The van der Waals surface area contributed by atoms with E-state index in [9.17, 15) is 14.7 Å². The number of aromatic nitrogens is 3. The molecule has 1 amide bonds. The molecule has 3 heterocycles. The monoisotopic (exact) mass is 338 g/mol. The molecule has 0 aromatic carbocycles. The van der Waals surface area contributed by atoms with Gasteiger partial charge in [-0.15, -0.1) is 0 Å². The Kier molecular flexibility index (Phi) is 4.49. The van der Waals surface area contributed by atoms with Crippen LogP contribution in [0.5, 0.6) is 0 Å². The van der Waals surface area contributed by atoms with Crippen LogP contribution in [-0.2, 0) is 11.3 Å². The summed E-state index contributed by atoms with van der Waals surface area (Å²) in [6.07, 6.45) is 7.44. The predicted octanol–water partition coefficient (Wildman–Crippen LogP) is 1.27. The lowest BCUT2D eigenvalue weighted by Gasteiger charge is -2.10. The van der Waals surface area contributed by atoms with Gasteiger partial charge in [0.25, 0.3) is 5.56 Å². The zero-order chi connectivity index (χ0) is 18.0. The lowest BCUT2D eigenvalue weighted by atomic mass is 10.1. The highest BCUT2D eigenvalue weighted by Crippen LogP contribution is 2.24. The molecule has 0 unspecified atom stereocenters. The highest BCUT2D eigenvalue weighted by Gasteiger charge is 2.08. The maximum absolute atomic E-state index is 11.9. The summed E-state index contributed by atoms with van der Waals surface area (Å²) in [5.74, 6) is -0.524. The van der Waals surface area contributed by atoms with E-state index < -0.39 is 12.0 Å². The van der Waals surface area contributed by atoms with Crippen LogP contribution in [0.1, 0.15) is 12.5 Å². The molecule has 0 saturated carbocycles. The summed E-state index contributed by atoms with van der Waals surface area (Å²) in [7, 11) is 0. The third kappa shape index (κ3) is 3.67. The number of hydrogen-bond acceptors (Lipinski definition) is 4. The first-order valence-corrected chi connectivity index (χ1v) is 7.77. The lowest BCUT2D eigenvalue weighted by molar-refractivity contribution is -0.113. The average molecular weight is 338 g/mol. The Hall–Kier alpha value is -3.19. The van der Waals surface area contributed by atoms with Crippen molar-refractivity contribution in [2.45, 2.75) is 19.6 Å². The molecule has 4 N–H and O–H groups in total. The maximum Gasteiger partial charge on any atom is 0.250 e. The highest BCUT2D eigenvalue weighted by atomic mass is 16.3. The van der Waals surface area contributed by atoms with E-state index >= 15 is 0 Å². The number of aliphatic hydroxyl groups excluding tert-OH is 1. The van der Waals surface area contributed by atoms with E-state index in [0.29, 0.717) is 5.65 Å². The molecule has 3 aromatic rings. The van der Waals surface area contributed by atoms with Crippen molar-refractivity contribution in [2.75, 3.05) is 0 Å². The normalized spacial score (nSPS) is 12.7. The number of amides is 1. The Morgan fingerprint density at radius 1 is 1.44 bits per heavy atom. The summed E-state index contributed by atoms with van der Waals surface area (Å²) >= 11 is 0. The second-order valence-corrected chi connectivity index (χ2v) is 5.86. The van der Waals surface area contributed by atoms with Crippen molar-refractivity contribution in [1.82, 2.24) is 14.5 Å². The van der Waals surface area contributed by atoms with Gasteiger partial charge in [0.1, 0.15) is 5.65 Å². The van der Waals surface area contributed by atoms with Gasteiger partial charge in [-0.2, -0.15) is 0 Å². The van der Waals surface area contributed by atoms with Crippen LogP contribution in [0.3, 0.4) is 0 Å². The van der Waals surface area contributed by atoms with Gasteiger partial charge in [-0.3, -0.25) is 9.59 Å². The quantitative estimate of drug-likeness (QED) is 0.608. The molecule has 0 aliphatic rings. The number of nitrogens with zero attached hydrogens (tertiary/aromatic N) is 2. The van der Waals surface area contributed by atoms with Gasteiger partial charge in [0.05, 0.1) is 12.6 Å². The van der Waals surface area contributed by atoms with E-state index in [2.05, 4.69) is 9.97 Å². The topological polar surface area (TPSA) is 114 Å². The third-order valence-electron chi connectivity index (χ3n) is 3.77. The molecular weight excluding hydrogens is 320 g/mol. The summed E-state index contributed by atoms with van der Waals surface area (Å²) in [5.41, 5.74) is 8.07. The van der Waals surface area contributed by atoms with Gasteiger partial charge in [0.15, 0.2) is 0 Å². The first-order chi connectivity index (χ1) is 11.9. The Balaban J connectivity index is 2.05. The first kappa shape index (κ1) is 16.7. The van der Waals surface area contributed by atoms with E-state index in [1.807, 2.05) is 6.07 Å². The summed E-state index contributed by atoms with van der Waals surface area (Å²) in [5, 5.41) is 10.4. The molecule has 0 aliphatic carbocycles. The van der Waals surface area contributed by atoms with Crippen molar-refractivity contribution in [3.63, 3.8) is 0 Å². The van der Waals surface area contributed by atoms with Crippen LogP contribution in [0, 0.1) is 0 Å². The Morgan fingerprint density at radius 3 is 2.96 bits per heavy atom. The van der Waals surface area contributed by atoms with Crippen molar-refractivity contribution in [3.8, 4) is 11.1 Å². The number of nitrogens with two attached hydrogens (primary N) is 1. The smallest absolute Gasteiger partial charge is 0.250 e. The number of primary amides is 1. The lowest BCUT2D eigenvalue weighted by Crippen LogP contribution is -2.24. The average Bonchev–Trinajstić information content (AvgIpc) is 2.97. The van der Waals surface area contributed by atoms with Crippen molar-refractivity contribution < 1.29 is 9.90 Å². The largest absolute Gasteiger partial charge is 0.392 e. The van der Waals surface area contributed by atoms with Gasteiger partial charge in [0, 0.05) is 47.2 Å². The van der Waals surface area contributed by atoms with Gasteiger partial charge in [-0.25, -0.2) is 4.98 Å². The van der Waals surface area contributed by atoms with Gasteiger partial charge in [0.2, 0.25) is 5.91 Å². The predicted molar refractivity (Wildman–Crippen MR) is 95.7 cm³/mol. The molecular formula is C18H18N4O3. The highest BCUT2D eigenvalue weighted by molar-refractivity contribution is 5.95. The number of carbonyl (C=O) groups is 1. The number of carbonyl (C=O) groups excluding carboxylic acids is 1. The van der Waals surface area contributed by atoms with E-state index in [4.69, 9.17) is 5.73 Å². The molecule has 1 atom stereocenters. The van der Waals surface area contributed by atoms with Crippen LogP contribution in [0.15, 0.2) is 47.7 Å². The number of aromatic amines is 1. The molecule has 128 valence electrons. The molecule has 0 fully saturated rings. The van der Waals surface area contributed by atoms with Crippen molar-refractivity contribution in [1.29, 1.82) is 0 Å². The van der Waals surface area contributed by atoms with Crippen LogP contribution in [-0.4, -0.2) is 31.7 Å². The molecule has 25 heavy (non-hydrogen) atoms. The number of rotatable bonds is 5. The molecule has 3 aromatic heterocycles. The molecule has 7 heteroatoms. The van der Waals surface area contributed by atoms with Crippen molar-refractivity contribution in [3.05, 3.63) is 58.8 Å². The van der Waals surface area contributed by atoms with E-state index in [1.165, 1.54) is 16.7 Å². The molecule has 0 aliphatic heterocycles. The molecule has 0 saturated heterocycles. The molecule has 3 rings (SSSR count). The minimum Gasteiger partial charge on any atom is -0.392 e. The SMILES string of the molecule is C[C@H](O)Cn1cc(-c2cnc3[nH]cc(/C=C/C(N)=O)c3c2)ccc1=O. The Labute approximate surface area is 143 Å². The maximum atomic E-state index is 11.9. The second-order valence-electron chi connectivity index (χ2n) is 5.86. The van der Waals surface area contributed by atoms with Crippen LogP contribution in [0.25, 0.3) is 28.2 Å². The fourth-order valence-electron chi connectivity index (χ4n) is 2.62. The minimum absolute atomic E-state index is 0.176. The van der Waals surface area contributed by atoms with Crippen molar-refractivity contribution >= 4 is 23.0 Å². The second kappa shape index (κ2) is 6.74. The van der Waals surface area contributed by atoms with Gasteiger partial charge in [-0.05, 0) is 30.7 Å². The van der Waals surface area contributed by atoms with Crippen LogP contribution in [0.4, 0.5) is 0 Å². The Bertz CT molecular complexity index is 1010. The van der Waals surface area contributed by atoms with E-state index in [1.54, 1.807) is 37.7 Å². The van der Waals surface area contributed by atoms with Gasteiger partial charge in [-0.1, -0.05) is 0 Å². The summed E-state index contributed by atoms with van der Waals surface area (Å²) < 4.78 is 1.47. The van der Waals surface area contributed by atoms with Crippen LogP contribution < -0.4 is 11.3 Å². The molecule has 7 nitrogen and oxygen atoms in total.